The molecule has 1 atom stereocenters. The van der Waals surface area contributed by atoms with Crippen LogP contribution in [0, 0.1) is 0 Å². The summed E-state index contributed by atoms with van der Waals surface area (Å²) in [6, 6.07) is 0. The van der Waals surface area contributed by atoms with Crippen LogP contribution in [-0.2, 0) is 9.53 Å². The number of carbonyl (C=O) groups excluding carboxylic acids is 2. The van der Waals surface area contributed by atoms with Crippen LogP contribution in [0.1, 0.15) is 27.7 Å². The number of halogens is 1. The van der Waals surface area contributed by atoms with Gasteiger partial charge in [-0.3, -0.25) is 4.79 Å². The van der Waals surface area contributed by atoms with Crippen LogP contribution < -0.4 is 5.32 Å². The van der Waals surface area contributed by atoms with Crippen molar-refractivity contribution in [2.75, 3.05) is 5.88 Å². The molecule has 1 N–H and O–H groups in total. The highest BCUT2D eigenvalue weighted by molar-refractivity contribution is 6.28. The van der Waals surface area contributed by atoms with E-state index in [1.165, 1.54) is 6.92 Å². The van der Waals surface area contributed by atoms with Gasteiger partial charge in [0.15, 0.2) is 11.9 Å². The first-order valence-corrected chi connectivity index (χ1v) is 4.87. The highest BCUT2D eigenvalue weighted by atomic mass is 35.5. The van der Waals surface area contributed by atoms with Crippen molar-refractivity contribution in [2.24, 2.45) is 0 Å². The molecule has 0 radical (unpaired) electrons. The Morgan fingerprint density at radius 3 is 2.29 bits per heavy atom. The van der Waals surface area contributed by atoms with Gasteiger partial charge in [-0.25, -0.2) is 4.79 Å². The monoisotopic (exact) mass is 221 g/mol. The number of hydrogen-bond acceptors (Lipinski definition) is 3. The third-order valence-electron chi connectivity index (χ3n) is 1.35. The van der Waals surface area contributed by atoms with Crippen LogP contribution in [0.25, 0.3) is 0 Å². The van der Waals surface area contributed by atoms with Gasteiger partial charge in [-0.15, -0.1) is 11.6 Å². The van der Waals surface area contributed by atoms with E-state index in [1.807, 2.05) is 20.8 Å². The number of Topliss-reactive ketones (excluding diaryl/α,β-unsaturated/α-hetero) is 1. The molecule has 0 saturated heterocycles. The molecule has 0 aliphatic heterocycles. The smallest absolute Gasteiger partial charge is 0.408 e. The van der Waals surface area contributed by atoms with Crippen LogP contribution in [-0.4, -0.2) is 29.4 Å². The van der Waals surface area contributed by atoms with E-state index in [0.717, 1.165) is 0 Å². The van der Waals surface area contributed by atoms with Crippen LogP contribution in [0.3, 0.4) is 0 Å². The Bertz CT molecular complexity index is 223. The standard InChI is InChI=1S/C9H16ClNO3/c1-6(7(12)5-10)14-8(13)11-9(2,3)4/h6H,5H2,1-4H3,(H,11,13)/t6-/m0/s1. The third kappa shape index (κ3) is 5.80. The van der Waals surface area contributed by atoms with E-state index in [-0.39, 0.29) is 17.2 Å². The van der Waals surface area contributed by atoms with Gasteiger partial charge in [0.1, 0.15) is 0 Å². The van der Waals surface area contributed by atoms with Crippen LogP contribution in [0.15, 0.2) is 0 Å². The summed E-state index contributed by atoms with van der Waals surface area (Å²) in [5.74, 6) is -0.458. The molecule has 0 aromatic rings. The summed E-state index contributed by atoms with van der Waals surface area (Å²) in [5.41, 5.74) is -0.374. The fraction of sp³-hybridized carbons (Fsp3) is 0.778. The van der Waals surface area contributed by atoms with Gasteiger partial charge in [-0.2, -0.15) is 0 Å². The maximum atomic E-state index is 11.2. The van der Waals surface area contributed by atoms with Crippen molar-refractivity contribution in [3.8, 4) is 0 Å². The van der Waals surface area contributed by atoms with Gasteiger partial charge in [-0.05, 0) is 27.7 Å². The third-order valence-corrected chi connectivity index (χ3v) is 1.61. The Labute approximate surface area is 88.9 Å². The largest absolute Gasteiger partial charge is 0.438 e. The number of alkyl carbamates (subject to hydrolysis) is 1. The fourth-order valence-corrected chi connectivity index (χ4v) is 0.888. The number of amides is 1. The Balaban J connectivity index is 4.01. The number of nitrogens with one attached hydrogen (secondary N) is 1. The van der Waals surface area contributed by atoms with E-state index in [9.17, 15) is 9.59 Å². The van der Waals surface area contributed by atoms with Crippen molar-refractivity contribution >= 4 is 23.5 Å². The molecule has 0 saturated carbocycles. The summed E-state index contributed by atoms with van der Waals surface area (Å²) in [6.45, 7) is 6.96. The summed E-state index contributed by atoms with van der Waals surface area (Å²) in [5, 5.41) is 2.57. The lowest BCUT2D eigenvalue weighted by Crippen LogP contribution is -2.43. The zero-order valence-electron chi connectivity index (χ0n) is 8.89. The number of ether oxygens (including phenoxy) is 1. The van der Waals surface area contributed by atoms with Gasteiger partial charge in [0.2, 0.25) is 0 Å². The number of alkyl halides is 1. The second-order valence-electron chi connectivity index (χ2n) is 4.02. The zero-order valence-corrected chi connectivity index (χ0v) is 9.64. The van der Waals surface area contributed by atoms with Crippen molar-refractivity contribution in [2.45, 2.75) is 39.3 Å². The lowest BCUT2D eigenvalue weighted by atomic mass is 10.1. The highest BCUT2D eigenvalue weighted by Gasteiger charge is 2.20. The number of carbonyl (C=O) groups is 2. The Morgan fingerprint density at radius 2 is 1.93 bits per heavy atom. The van der Waals surface area contributed by atoms with E-state index < -0.39 is 12.2 Å². The van der Waals surface area contributed by atoms with Gasteiger partial charge < -0.3 is 10.1 Å². The molecule has 0 spiro atoms. The van der Waals surface area contributed by atoms with Crippen LogP contribution in [0.2, 0.25) is 0 Å². The number of rotatable bonds is 3. The second-order valence-corrected chi connectivity index (χ2v) is 4.29. The average Bonchev–Trinajstić information content (AvgIpc) is 1.99. The van der Waals surface area contributed by atoms with E-state index in [4.69, 9.17) is 16.3 Å². The van der Waals surface area contributed by atoms with Gasteiger partial charge >= 0.3 is 6.09 Å². The van der Waals surface area contributed by atoms with E-state index >= 15 is 0 Å². The maximum absolute atomic E-state index is 11.2. The van der Waals surface area contributed by atoms with Gasteiger partial charge in [0, 0.05) is 5.54 Å². The van der Waals surface area contributed by atoms with Crippen molar-refractivity contribution < 1.29 is 14.3 Å². The Hall–Kier alpha value is -0.770. The predicted octanol–water partition coefficient (Wildman–Crippen LogP) is 1.71. The van der Waals surface area contributed by atoms with E-state index in [1.54, 1.807) is 0 Å². The Morgan fingerprint density at radius 1 is 1.43 bits per heavy atom. The lowest BCUT2D eigenvalue weighted by molar-refractivity contribution is -0.124. The average molecular weight is 222 g/mol. The van der Waals surface area contributed by atoms with E-state index in [2.05, 4.69) is 5.32 Å². The molecule has 5 heteroatoms. The lowest BCUT2D eigenvalue weighted by Gasteiger charge is -2.21. The first-order valence-electron chi connectivity index (χ1n) is 4.33. The minimum absolute atomic E-state index is 0.149. The summed E-state index contributed by atoms with van der Waals surface area (Å²) in [7, 11) is 0. The van der Waals surface area contributed by atoms with Gasteiger partial charge in [0.25, 0.3) is 0 Å². The molecular weight excluding hydrogens is 206 g/mol. The minimum Gasteiger partial charge on any atom is -0.438 e. The summed E-state index contributed by atoms with van der Waals surface area (Å²) < 4.78 is 4.80. The number of ketones is 1. The van der Waals surface area contributed by atoms with Crippen LogP contribution in [0.5, 0.6) is 0 Å². The van der Waals surface area contributed by atoms with Gasteiger partial charge in [-0.1, -0.05) is 0 Å². The van der Waals surface area contributed by atoms with Crippen LogP contribution >= 0.6 is 11.6 Å². The molecule has 0 heterocycles. The zero-order chi connectivity index (χ0) is 11.4. The quantitative estimate of drug-likeness (QED) is 0.739. The molecule has 0 aliphatic rings. The first-order chi connectivity index (χ1) is 6.26. The molecule has 0 unspecified atom stereocenters. The number of hydrogen-bond donors (Lipinski definition) is 1. The molecule has 0 aromatic heterocycles. The minimum atomic E-state index is -0.796. The highest BCUT2D eigenvalue weighted by Crippen LogP contribution is 2.01. The molecule has 0 aliphatic carbocycles. The molecule has 1 amide bonds. The normalized spacial score (nSPS) is 13.2. The molecule has 4 nitrogen and oxygen atoms in total. The van der Waals surface area contributed by atoms with Crippen molar-refractivity contribution in [1.29, 1.82) is 0 Å². The second kappa shape index (κ2) is 5.20. The van der Waals surface area contributed by atoms with Gasteiger partial charge in [0.05, 0.1) is 5.88 Å². The maximum Gasteiger partial charge on any atom is 0.408 e. The fourth-order valence-electron chi connectivity index (χ4n) is 0.671. The predicted molar refractivity (Wildman–Crippen MR) is 54.6 cm³/mol. The van der Waals surface area contributed by atoms with E-state index in [0.29, 0.717) is 0 Å². The summed E-state index contributed by atoms with van der Waals surface area (Å²) >= 11 is 5.30. The van der Waals surface area contributed by atoms with Crippen molar-refractivity contribution in [1.82, 2.24) is 5.32 Å². The SMILES string of the molecule is C[C@H](OC(=O)NC(C)(C)C)C(=O)CCl. The molecule has 82 valence electrons. The van der Waals surface area contributed by atoms with Crippen molar-refractivity contribution in [3.63, 3.8) is 0 Å². The topological polar surface area (TPSA) is 55.4 Å². The molecular formula is C9H16ClNO3. The molecule has 0 bridgehead atoms. The molecule has 0 fully saturated rings. The molecule has 14 heavy (non-hydrogen) atoms. The Kier molecular flexibility index (Phi) is 4.91. The molecule has 0 aromatic carbocycles. The van der Waals surface area contributed by atoms with Crippen LogP contribution in [0.4, 0.5) is 4.79 Å². The first kappa shape index (κ1) is 13.2. The van der Waals surface area contributed by atoms with Crippen molar-refractivity contribution in [3.05, 3.63) is 0 Å². The summed E-state index contributed by atoms with van der Waals surface area (Å²) in [6.07, 6.45) is -1.40. The molecule has 0 rings (SSSR count). The summed E-state index contributed by atoms with van der Waals surface area (Å²) in [4.78, 5) is 22.1.